The summed E-state index contributed by atoms with van der Waals surface area (Å²) in [6, 6.07) is 9.12. The Kier molecular flexibility index (Phi) is 3.79. The Balaban J connectivity index is 1.91. The van der Waals surface area contributed by atoms with Gasteiger partial charge in [0.1, 0.15) is 0 Å². The van der Waals surface area contributed by atoms with Gasteiger partial charge in [0.2, 0.25) is 0 Å². The first-order valence-electron chi connectivity index (χ1n) is 7.81. The summed E-state index contributed by atoms with van der Waals surface area (Å²) >= 11 is 0. The summed E-state index contributed by atoms with van der Waals surface area (Å²) in [5.74, 6) is 0.879. The van der Waals surface area contributed by atoms with Crippen LogP contribution in [-0.4, -0.2) is 17.7 Å². The highest BCUT2D eigenvalue weighted by molar-refractivity contribution is 5.55. The second kappa shape index (κ2) is 5.54. The van der Waals surface area contributed by atoms with E-state index in [1.165, 1.54) is 44.2 Å². The summed E-state index contributed by atoms with van der Waals surface area (Å²) < 4.78 is 0. The fraction of sp³-hybridized carbons (Fsp3) is 0.647. The third kappa shape index (κ3) is 2.51. The first kappa shape index (κ1) is 13.0. The molecule has 0 spiro atoms. The van der Waals surface area contributed by atoms with Crippen LogP contribution in [-0.2, 0) is 0 Å². The average molecular weight is 259 g/mol. The summed E-state index contributed by atoms with van der Waals surface area (Å²) in [7, 11) is 0. The topological polar surface area (TPSA) is 23.5 Å². The first-order valence-corrected chi connectivity index (χ1v) is 7.81. The summed E-state index contributed by atoms with van der Waals surface area (Å²) in [6.45, 7) is 3.03. The molecule has 3 atom stereocenters. The maximum atomic E-state index is 10.0. The van der Waals surface area contributed by atoms with Gasteiger partial charge in [0.15, 0.2) is 0 Å². The van der Waals surface area contributed by atoms with Crippen molar-refractivity contribution in [3.8, 4) is 0 Å². The Morgan fingerprint density at radius 2 is 1.84 bits per heavy atom. The fourth-order valence-electron chi connectivity index (χ4n) is 4.03. The van der Waals surface area contributed by atoms with Crippen LogP contribution in [0.2, 0.25) is 0 Å². The number of hydrogen-bond acceptors (Lipinski definition) is 2. The van der Waals surface area contributed by atoms with Gasteiger partial charge in [-0.15, -0.1) is 0 Å². The maximum absolute atomic E-state index is 10.0. The van der Waals surface area contributed by atoms with Crippen molar-refractivity contribution >= 4 is 5.69 Å². The van der Waals surface area contributed by atoms with Crippen LogP contribution < -0.4 is 4.90 Å². The number of aliphatic hydroxyl groups excluding tert-OH is 1. The van der Waals surface area contributed by atoms with E-state index in [1.54, 1.807) is 0 Å². The Hall–Kier alpha value is -1.02. The highest BCUT2D eigenvalue weighted by atomic mass is 16.3. The maximum Gasteiger partial charge on any atom is 0.0781 e. The highest BCUT2D eigenvalue weighted by Crippen LogP contribution is 2.39. The Bertz CT molecular complexity index is 427. The van der Waals surface area contributed by atoms with E-state index in [1.807, 2.05) is 13.0 Å². The van der Waals surface area contributed by atoms with E-state index in [0.717, 1.165) is 18.0 Å². The molecule has 2 unspecified atom stereocenters. The molecule has 2 aliphatic rings. The third-order valence-corrected chi connectivity index (χ3v) is 4.94. The lowest BCUT2D eigenvalue weighted by atomic mass is 9.78. The molecule has 0 aromatic heterocycles. The zero-order chi connectivity index (χ0) is 13.2. The van der Waals surface area contributed by atoms with Crippen molar-refractivity contribution in [2.45, 2.75) is 57.6 Å². The lowest BCUT2D eigenvalue weighted by molar-refractivity contribution is 0.197. The van der Waals surface area contributed by atoms with E-state index in [9.17, 15) is 5.11 Å². The molecule has 104 valence electrons. The summed E-state index contributed by atoms with van der Waals surface area (Å²) in [5.41, 5.74) is 2.36. The SMILES string of the molecule is C[C@H](O)c1ccccc1N1CCCC2CCCCC21. The van der Waals surface area contributed by atoms with Crippen LogP contribution in [0.4, 0.5) is 5.69 Å². The van der Waals surface area contributed by atoms with Crippen molar-refractivity contribution in [2.75, 3.05) is 11.4 Å². The number of anilines is 1. The van der Waals surface area contributed by atoms with Crippen LogP contribution in [0, 0.1) is 5.92 Å². The van der Waals surface area contributed by atoms with Crippen molar-refractivity contribution in [1.82, 2.24) is 0 Å². The highest BCUT2D eigenvalue weighted by Gasteiger charge is 2.34. The molecule has 1 aromatic carbocycles. The molecule has 0 bridgehead atoms. The minimum absolute atomic E-state index is 0.375. The van der Waals surface area contributed by atoms with Gasteiger partial charge in [-0.3, -0.25) is 0 Å². The Morgan fingerprint density at radius 3 is 2.68 bits per heavy atom. The van der Waals surface area contributed by atoms with Crippen LogP contribution >= 0.6 is 0 Å². The van der Waals surface area contributed by atoms with Gasteiger partial charge in [-0.25, -0.2) is 0 Å². The fourth-order valence-corrected chi connectivity index (χ4v) is 4.03. The van der Waals surface area contributed by atoms with E-state index < -0.39 is 0 Å². The van der Waals surface area contributed by atoms with Crippen LogP contribution in [0.3, 0.4) is 0 Å². The molecule has 3 rings (SSSR count). The smallest absolute Gasteiger partial charge is 0.0781 e. The molecule has 1 aliphatic heterocycles. The van der Waals surface area contributed by atoms with Gasteiger partial charge in [0.25, 0.3) is 0 Å². The largest absolute Gasteiger partial charge is 0.389 e. The predicted molar refractivity (Wildman–Crippen MR) is 79.4 cm³/mol. The average Bonchev–Trinajstić information content (AvgIpc) is 2.46. The van der Waals surface area contributed by atoms with Gasteiger partial charge in [-0.05, 0) is 44.6 Å². The van der Waals surface area contributed by atoms with Crippen LogP contribution in [0.5, 0.6) is 0 Å². The number of rotatable bonds is 2. The Labute approximate surface area is 116 Å². The molecule has 2 nitrogen and oxygen atoms in total. The van der Waals surface area contributed by atoms with E-state index in [4.69, 9.17) is 0 Å². The van der Waals surface area contributed by atoms with Crippen LogP contribution in [0.1, 0.15) is 57.1 Å². The van der Waals surface area contributed by atoms with Gasteiger partial charge in [0.05, 0.1) is 6.10 Å². The molecule has 1 aromatic rings. The molecule has 0 radical (unpaired) electrons. The lowest BCUT2D eigenvalue weighted by Crippen LogP contribution is -2.47. The molecule has 2 heteroatoms. The zero-order valence-electron chi connectivity index (χ0n) is 11.9. The summed E-state index contributed by atoms with van der Waals surface area (Å²) in [4.78, 5) is 2.59. The molecule has 1 saturated carbocycles. The first-order chi connectivity index (χ1) is 9.27. The number of piperidine rings is 1. The van der Waals surface area contributed by atoms with E-state index in [2.05, 4.69) is 23.1 Å². The molecule has 1 heterocycles. The van der Waals surface area contributed by atoms with Crippen LogP contribution in [0.25, 0.3) is 0 Å². The van der Waals surface area contributed by atoms with Gasteiger partial charge in [-0.2, -0.15) is 0 Å². The van der Waals surface area contributed by atoms with E-state index >= 15 is 0 Å². The standard InChI is InChI=1S/C17H25NO/c1-13(19)15-9-3-5-11-17(15)18-12-6-8-14-7-2-4-10-16(14)18/h3,5,9,11,13-14,16,19H,2,4,6-8,10,12H2,1H3/t13-,14?,16?/m0/s1. The van der Waals surface area contributed by atoms with Gasteiger partial charge >= 0.3 is 0 Å². The molecule has 1 N–H and O–H groups in total. The summed E-state index contributed by atoms with van der Waals surface area (Å²) in [6.07, 6.45) is 7.84. The second-order valence-corrected chi connectivity index (χ2v) is 6.18. The van der Waals surface area contributed by atoms with Gasteiger partial charge < -0.3 is 10.0 Å². The molecular weight excluding hydrogens is 234 g/mol. The number of benzene rings is 1. The van der Waals surface area contributed by atoms with Gasteiger partial charge in [0, 0.05) is 23.8 Å². The minimum Gasteiger partial charge on any atom is -0.389 e. The van der Waals surface area contributed by atoms with E-state index in [0.29, 0.717) is 6.04 Å². The molecule has 19 heavy (non-hydrogen) atoms. The quantitative estimate of drug-likeness (QED) is 0.870. The van der Waals surface area contributed by atoms with E-state index in [-0.39, 0.29) is 6.10 Å². The predicted octanol–water partition coefficient (Wildman–Crippen LogP) is 3.90. The zero-order valence-corrected chi connectivity index (χ0v) is 11.9. The van der Waals surface area contributed by atoms with Crippen molar-refractivity contribution in [3.63, 3.8) is 0 Å². The van der Waals surface area contributed by atoms with Crippen molar-refractivity contribution in [2.24, 2.45) is 5.92 Å². The molecule has 2 fully saturated rings. The molecule has 0 amide bonds. The number of aliphatic hydroxyl groups is 1. The third-order valence-electron chi connectivity index (χ3n) is 4.94. The van der Waals surface area contributed by atoms with Crippen molar-refractivity contribution < 1.29 is 5.11 Å². The molecular formula is C17H25NO. The number of para-hydroxylation sites is 1. The number of hydrogen-bond donors (Lipinski definition) is 1. The Morgan fingerprint density at radius 1 is 1.11 bits per heavy atom. The van der Waals surface area contributed by atoms with Gasteiger partial charge in [-0.1, -0.05) is 31.0 Å². The normalized spacial score (nSPS) is 28.8. The summed E-state index contributed by atoms with van der Waals surface area (Å²) in [5, 5.41) is 10.0. The minimum atomic E-state index is -0.375. The second-order valence-electron chi connectivity index (χ2n) is 6.18. The molecule has 1 saturated heterocycles. The molecule has 1 aliphatic carbocycles. The van der Waals surface area contributed by atoms with Crippen molar-refractivity contribution in [3.05, 3.63) is 29.8 Å². The number of nitrogens with zero attached hydrogens (tertiary/aromatic N) is 1. The monoisotopic (exact) mass is 259 g/mol. The number of fused-ring (bicyclic) bond motifs is 1. The van der Waals surface area contributed by atoms with Crippen molar-refractivity contribution in [1.29, 1.82) is 0 Å². The lowest BCUT2D eigenvalue weighted by Gasteiger charge is -2.46. The van der Waals surface area contributed by atoms with Crippen LogP contribution in [0.15, 0.2) is 24.3 Å².